The Kier molecular flexibility index (Phi) is 4.94. The van der Waals surface area contributed by atoms with Crippen molar-refractivity contribution in [2.45, 2.75) is 24.5 Å². The minimum Gasteiger partial charge on any atom is -0.508 e. The Hall–Kier alpha value is -2.44. The van der Waals surface area contributed by atoms with Gasteiger partial charge in [0.05, 0.1) is 11.6 Å². The quantitative estimate of drug-likeness (QED) is 0.269. The van der Waals surface area contributed by atoms with Gasteiger partial charge in [0, 0.05) is 15.1 Å². The van der Waals surface area contributed by atoms with Gasteiger partial charge in [-0.2, -0.15) is 0 Å². The number of phenolic OH excluding ortho intramolecular Hbond substituents is 1. The van der Waals surface area contributed by atoms with Gasteiger partial charge in [0.1, 0.15) is 22.8 Å². The molecular formula is C21H21IN2O7. The van der Waals surface area contributed by atoms with Crippen LogP contribution >= 0.6 is 22.6 Å². The lowest BCUT2D eigenvalue weighted by Gasteiger charge is -2.50. The number of ketones is 2. The molecule has 31 heavy (non-hydrogen) atoms. The molecule has 0 radical (unpaired) electrons. The molecule has 1 amide bonds. The summed E-state index contributed by atoms with van der Waals surface area (Å²) < 4.78 is 0.784. The maximum absolute atomic E-state index is 13.6. The van der Waals surface area contributed by atoms with Crippen LogP contribution < -0.4 is 5.73 Å². The van der Waals surface area contributed by atoms with E-state index in [0.717, 1.165) is 3.57 Å². The molecule has 0 bridgehead atoms. The first kappa shape index (κ1) is 21.8. The number of hydrogen-bond donors (Lipinski definition) is 5. The van der Waals surface area contributed by atoms with Gasteiger partial charge in [-0.3, -0.25) is 19.3 Å². The molecule has 0 unspecified atom stereocenters. The second kappa shape index (κ2) is 7.04. The summed E-state index contributed by atoms with van der Waals surface area (Å²) in [6.45, 7) is 0. The molecule has 0 heterocycles. The van der Waals surface area contributed by atoms with E-state index >= 15 is 0 Å². The average Bonchev–Trinajstić information content (AvgIpc) is 2.67. The van der Waals surface area contributed by atoms with Gasteiger partial charge >= 0.3 is 0 Å². The zero-order valence-electron chi connectivity index (χ0n) is 16.7. The van der Waals surface area contributed by atoms with Crippen molar-refractivity contribution in [2.75, 3.05) is 14.1 Å². The molecule has 6 N–H and O–H groups in total. The zero-order valence-corrected chi connectivity index (χ0v) is 18.9. The highest BCUT2D eigenvalue weighted by atomic mass is 127. The first-order valence-corrected chi connectivity index (χ1v) is 10.7. The topological polar surface area (TPSA) is 161 Å². The third kappa shape index (κ3) is 2.77. The van der Waals surface area contributed by atoms with Gasteiger partial charge in [-0.15, -0.1) is 0 Å². The molecule has 0 saturated heterocycles. The van der Waals surface area contributed by atoms with Crippen molar-refractivity contribution < 1.29 is 34.8 Å². The van der Waals surface area contributed by atoms with Crippen LogP contribution in [0.5, 0.6) is 5.75 Å². The van der Waals surface area contributed by atoms with Crippen LogP contribution in [0.1, 0.15) is 17.5 Å². The van der Waals surface area contributed by atoms with Crippen LogP contribution in [0.4, 0.5) is 0 Å². The smallest absolute Gasteiger partial charge is 0.255 e. The number of aromatic hydroxyl groups is 1. The molecule has 1 aromatic rings. The number of nitrogens with two attached hydrogens (primary N) is 1. The molecule has 10 heteroatoms. The van der Waals surface area contributed by atoms with E-state index in [-0.39, 0.29) is 23.3 Å². The summed E-state index contributed by atoms with van der Waals surface area (Å²) in [5.41, 5.74) is 2.46. The second-order valence-electron chi connectivity index (χ2n) is 8.38. The number of Topliss-reactive ketones (excluding diaryl/α,β-unsaturated/α-hetero) is 2. The first-order chi connectivity index (χ1) is 14.4. The van der Waals surface area contributed by atoms with Crippen LogP contribution in [0, 0.1) is 15.4 Å². The fourth-order valence-electron chi connectivity index (χ4n) is 5.21. The lowest BCUT2D eigenvalue weighted by molar-refractivity contribution is -0.153. The number of phenols is 1. The number of hydrogen-bond acceptors (Lipinski definition) is 8. The summed E-state index contributed by atoms with van der Waals surface area (Å²) in [6.07, 6.45) is 0.374. The van der Waals surface area contributed by atoms with Crippen LogP contribution in [0.15, 0.2) is 29.0 Å². The Morgan fingerprint density at radius 3 is 2.45 bits per heavy atom. The Balaban J connectivity index is 1.99. The molecule has 9 nitrogen and oxygen atoms in total. The Labute approximate surface area is 191 Å². The predicted molar refractivity (Wildman–Crippen MR) is 117 cm³/mol. The normalized spacial score (nSPS) is 30.3. The maximum atomic E-state index is 13.6. The number of carbonyl (C=O) groups is 3. The predicted octanol–water partition coefficient (Wildman–Crippen LogP) is 0.569. The standard InChI is InChI=1S/C21H21IN2O7/c1-24(2)15-9-6-7-5-8-10(22)3-4-11(25)13(8)16(26)12(7)18(28)21(9,31)19(29)14(17(15)27)20(23)30/h3-4,7,9,15,25-26,29,31H,5-6H2,1-2H3,(H2,23,30)/t7-,9-,15+,21-/m0/s1. The molecule has 0 aromatic heterocycles. The number of fused-ring (bicyclic) bond motifs is 3. The molecule has 0 spiro atoms. The van der Waals surface area contributed by atoms with Gasteiger partial charge in [0.2, 0.25) is 5.78 Å². The van der Waals surface area contributed by atoms with Crippen molar-refractivity contribution in [3.8, 4) is 5.75 Å². The van der Waals surface area contributed by atoms with Crippen molar-refractivity contribution in [3.05, 3.63) is 43.7 Å². The van der Waals surface area contributed by atoms with Gasteiger partial charge in [0.25, 0.3) is 5.91 Å². The van der Waals surface area contributed by atoms with E-state index in [4.69, 9.17) is 5.73 Å². The van der Waals surface area contributed by atoms with Gasteiger partial charge in [-0.05, 0) is 73.1 Å². The fraction of sp³-hybridized carbons (Fsp3) is 0.381. The van der Waals surface area contributed by atoms with Crippen LogP contribution in [0.25, 0.3) is 5.76 Å². The van der Waals surface area contributed by atoms with Crippen LogP contribution in [-0.4, -0.2) is 68.5 Å². The molecule has 164 valence electrons. The number of aliphatic hydroxyl groups is 3. The van der Waals surface area contributed by atoms with Crippen molar-refractivity contribution in [1.82, 2.24) is 4.90 Å². The lowest BCUT2D eigenvalue weighted by Crippen LogP contribution is -2.65. The molecule has 1 fully saturated rings. The number of halogens is 1. The highest BCUT2D eigenvalue weighted by Gasteiger charge is 2.64. The van der Waals surface area contributed by atoms with E-state index in [1.807, 2.05) is 0 Å². The summed E-state index contributed by atoms with van der Waals surface area (Å²) in [7, 11) is 3.13. The highest BCUT2D eigenvalue weighted by molar-refractivity contribution is 14.1. The summed E-state index contributed by atoms with van der Waals surface area (Å²) >= 11 is 2.07. The van der Waals surface area contributed by atoms with Gasteiger partial charge in [-0.1, -0.05) is 0 Å². The number of benzene rings is 1. The van der Waals surface area contributed by atoms with Crippen LogP contribution in [-0.2, 0) is 20.8 Å². The molecule has 1 saturated carbocycles. The second-order valence-corrected chi connectivity index (χ2v) is 9.54. The minimum absolute atomic E-state index is 0.0809. The fourth-order valence-corrected chi connectivity index (χ4v) is 5.88. The number of rotatable bonds is 2. The van der Waals surface area contributed by atoms with Gasteiger partial charge < -0.3 is 26.2 Å². The number of nitrogens with zero attached hydrogens (tertiary/aromatic N) is 1. The summed E-state index contributed by atoms with van der Waals surface area (Å²) in [4.78, 5) is 39.9. The Morgan fingerprint density at radius 1 is 1.23 bits per heavy atom. The van der Waals surface area contributed by atoms with E-state index in [1.165, 1.54) is 11.0 Å². The molecule has 3 aliphatic carbocycles. The number of carbonyl (C=O) groups excluding carboxylic acids is 3. The SMILES string of the molecule is CN(C)[C@H]1C(=O)C(C(N)=O)=C(O)[C@@]2(O)C(=O)C3=C(O)c4c(O)ccc(I)c4C[C@H]3C[C@@H]12. The summed E-state index contributed by atoms with van der Waals surface area (Å²) in [6, 6.07) is 2.00. The van der Waals surface area contributed by atoms with E-state index in [9.17, 15) is 34.8 Å². The Morgan fingerprint density at radius 2 is 1.87 bits per heavy atom. The number of likely N-dealkylation sites (N-methyl/N-ethyl adjacent to an activating group) is 1. The van der Waals surface area contributed by atoms with Crippen molar-refractivity contribution >= 4 is 45.8 Å². The Bertz CT molecular complexity index is 1120. The third-order valence-electron chi connectivity index (χ3n) is 6.55. The highest BCUT2D eigenvalue weighted by Crippen LogP contribution is 2.52. The average molecular weight is 540 g/mol. The molecule has 0 aliphatic heterocycles. The summed E-state index contributed by atoms with van der Waals surface area (Å²) in [5, 5.41) is 43.4. The molecule has 4 atom stereocenters. The molecule has 1 aromatic carbocycles. The van der Waals surface area contributed by atoms with Crippen LogP contribution in [0.2, 0.25) is 0 Å². The number of aliphatic hydroxyl groups excluding tert-OH is 2. The van der Waals surface area contributed by atoms with E-state index < -0.39 is 58.0 Å². The van der Waals surface area contributed by atoms with Gasteiger partial charge in [0.15, 0.2) is 11.4 Å². The van der Waals surface area contributed by atoms with E-state index in [2.05, 4.69) is 22.6 Å². The van der Waals surface area contributed by atoms with E-state index in [1.54, 1.807) is 20.2 Å². The minimum atomic E-state index is -2.61. The monoisotopic (exact) mass is 540 g/mol. The van der Waals surface area contributed by atoms with E-state index in [0.29, 0.717) is 12.0 Å². The zero-order chi connectivity index (χ0) is 23.0. The molecule has 3 aliphatic rings. The van der Waals surface area contributed by atoms with Crippen LogP contribution in [0.3, 0.4) is 0 Å². The first-order valence-electron chi connectivity index (χ1n) is 9.58. The molecular weight excluding hydrogens is 519 g/mol. The van der Waals surface area contributed by atoms with Crippen molar-refractivity contribution in [3.63, 3.8) is 0 Å². The lowest BCUT2D eigenvalue weighted by atomic mass is 9.57. The molecule has 4 rings (SSSR count). The summed E-state index contributed by atoms with van der Waals surface area (Å²) in [5.74, 6) is -6.44. The van der Waals surface area contributed by atoms with Crippen molar-refractivity contribution in [2.24, 2.45) is 17.6 Å². The number of amides is 1. The maximum Gasteiger partial charge on any atom is 0.255 e. The number of primary amides is 1. The van der Waals surface area contributed by atoms with Crippen molar-refractivity contribution in [1.29, 1.82) is 0 Å². The van der Waals surface area contributed by atoms with Gasteiger partial charge in [-0.25, -0.2) is 0 Å². The third-order valence-corrected chi connectivity index (χ3v) is 7.56. The largest absolute Gasteiger partial charge is 0.508 e.